The molecule has 152 valence electrons. The van der Waals surface area contributed by atoms with Gasteiger partial charge in [0.05, 0.1) is 24.2 Å². The standard InChI is InChI=1S/C23H21N3O3S/c27-19-10-3-8-17-21(19)22(20-11-5-13-30-20)26(18-9-2-1-7-16(18)25-17)23(28)24-14-15-6-4-12-29-15/h1-2,4-7,9,11-13,22,25H,3,8,10,14H2,(H,24,28)/t22-/m0/s1. The molecule has 0 fully saturated rings. The molecule has 1 aliphatic heterocycles. The summed E-state index contributed by atoms with van der Waals surface area (Å²) in [5, 5.41) is 8.40. The summed E-state index contributed by atoms with van der Waals surface area (Å²) in [5.41, 5.74) is 3.17. The zero-order valence-corrected chi connectivity index (χ0v) is 17.1. The highest BCUT2D eigenvalue weighted by atomic mass is 32.1. The fourth-order valence-electron chi connectivity index (χ4n) is 4.13. The van der Waals surface area contributed by atoms with Crippen molar-refractivity contribution in [2.45, 2.75) is 31.8 Å². The Morgan fingerprint density at radius 3 is 2.87 bits per heavy atom. The quantitative estimate of drug-likeness (QED) is 0.609. The predicted molar refractivity (Wildman–Crippen MR) is 116 cm³/mol. The molecule has 3 aromatic rings. The van der Waals surface area contributed by atoms with E-state index in [0.29, 0.717) is 17.8 Å². The molecule has 2 aliphatic rings. The second-order valence-corrected chi connectivity index (χ2v) is 8.32. The Hall–Kier alpha value is -3.32. The molecule has 1 aliphatic carbocycles. The van der Waals surface area contributed by atoms with Crippen molar-refractivity contribution in [3.8, 4) is 0 Å². The number of fused-ring (bicyclic) bond motifs is 1. The Labute approximate surface area is 178 Å². The van der Waals surface area contributed by atoms with Crippen molar-refractivity contribution in [1.29, 1.82) is 0 Å². The largest absolute Gasteiger partial charge is 0.467 e. The number of Topliss-reactive ketones (excluding diaryl/α,β-unsaturated/α-hetero) is 1. The Bertz CT molecular complexity index is 1100. The van der Waals surface area contributed by atoms with Crippen molar-refractivity contribution in [2.75, 3.05) is 10.2 Å². The van der Waals surface area contributed by atoms with E-state index < -0.39 is 6.04 Å². The van der Waals surface area contributed by atoms with Crippen LogP contribution in [-0.4, -0.2) is 11.8 Å². The summed E-state index contributed by atoms with van der Waals surface area (Å²) >= 11 is 1.55. The van der Waals surface area contributed by atoms with Gasteiger partial charge < -0.3 is 15.1 Å². The molecule has 0 spiro atoms. The van der Waals surface area contributed by atoms with Gasteiger partial charge in [-0.1, -0.05) is 18.2 Å². The lowest BCUT2D eigenvalue weighted by Crippen LogP contribution is -2.43. The number of hydrogen-bond donors (Lipinski definition) is 2. The number of benzene rings is 1. The molecular formula is C23H21N3O3S. The van der Waals surface area contributed by atoms with E-state index in [1.165, 1.54) is 0 Å². The molecule has 0 unspecified atom stereocenters. The van der Waals surface area contributed by atoms with Crippen LogP contribution in [0.5, 0.6) is 0 Å². The third-order valence-electron chi connectivity index (χ3n) is 5.46. The fraction of sp³-hybridized carbons (Fsp3) is 0.217. The second-order valence-electron chi connectivity index (χ2n) is 7.34. The number of para-hydroxylation sites is 2. The minimum absolute atomic E-state index is 0.0961. The molecule has 1 atom stereocenters. The van der Waals surface area contributed by atoms with Gasteiger partial charge >= 0.3 is 6.03 Å². The lowest BCUT2D eigenvalue weighted by atomic mass is 9.88. The minimum atomic E-state index is -0.472. The Balaban J connectivity index is 1.63. The summed E-state index contributed by atoms with van der Waals surface area (Å²) in [7, 11) is 0. The van der Waals surface area contributed by atoms with Crippen LogP contribution in [0.3, 0.4) is 0 Å². The molecule has 0 radical (unpaired) electrons. The summed E-state index contributed by atoms with van der Waals surface area (Å²) in [5.74, 6) is 0.768. The highest BCUT2D eigenvalue weighted by Gasteiger charge is 2.39. The minimum Gasteiger partial charge on any atom is -0.467 e. The molecule has 2 N–H and O–H groups in total. The second kappa shape index (κ2) is 7.84. The van der Waals surface area contributed by atoms with Crippen LogP contribution >= 0.6 is 11.3 Å². The lowest BCUT2D eigenvalue weighted by Gasteiger charge is -2.32. The molecule has 7 heteroatoms. The van der Waals surface area contributed by atoms with Gasteiger partial charge in [0.15, 0.2) is 5.78 Å². The monoisotopic (exact) mass is 419 g/mol. The van der Waals surface area contributed by atoms with Crippen LogP contribution < -0.4 is 15.5 Å². The molecule has 30 heavy (non-hydrogen) atoms. The number of thiophene rings is 1. The van der Waals surface area contributed by atoms with E-state index in [9.17, 15) is 9.59 Å². The van der Waals surface area contributed by atoms with Crippen LogP contribution in [0.2, 0.25) is 0 Å². The average molecular weight is 420 g/mol. The van der Waals surface area contributed by atoms with Gasteiger partial charge in [0.2, 0.25) is 0 Å². The maximum atomic E-state index is 13.5. The van der Waals surface area contributed by atoms with E-state index in [-0.39, 0.29) is 18.4 Å². The molecule has 1 aromatic carbocycles. The van der Waals surface area contributed by atoms with Gasteiger partial charge in [0.25, 0.3) is 0 Å². The number of carbonyl (C=O) groups excluding carboxylic acids is 2. The molecule has 6 nitrogen and oxygen atoms in total. The van der Waals surface area contributed by atoms with Crippen LogP contribution in [0.4, 0.5) is 16.2 Å². The summed E-state index contributed by atoms with van der Waals surface area (Å²) in [6.07, 6.45) is 3.69. The summed E-state index contributed by atoms with van der Waals surface area (Å²) in [4.78, 5) is 29.3. The lowest BCUT2D eigenvalue weighted by molar-refractivity contribution is -0.116. The van der Waals surface area contributed by atoms with Crippen molar-refractivity contribution in [1.82, 2.24) is 5.32 Å². The zero-order valence-electron chi connectivity index (χ0n) is 16.3. The third kappa shape index (κ3) is 3.31. The molecule has 0 saturated carbocycles. The van der Waals surface area contributed by atoms with Gasteiger partial charge in [-0.15, -0.1) is 11.3 Å². The molecule has 2 aromatic heterocycles. The van der Waals surface area contributed by atoms with E-state index in [0.717, 1.165) is 34.8 Å². The van der Waals surface area contributed by atoms with E-state index in [4.69, 9.17) is 4.42 Å². The Kier molecular flexibility index (Phi) is 4.88. The number of nitrogens with one attached hydrogen (secondary N) is 2. The summed E-state index contributed by atoms with van der Waals surface area (Å²) < 4.78 is 5.36. The number of ketones is 1. The van der Waals surface area contributed by atoms with Gasteiger partial charge in [-0.25, -0.2) is 4.79 Å². The van der Waals surface area contributed by atoms with E-state index in [1.54, 1.807) is 28.6 Å². The van der Waals surface area contributed by atoms with Crippen LogP contribution in [0.1, 0.15) is 35.9 Å². The first-order valence-electron chi connectivity index (χ1n) is 9.97. The van der Waals surface area contributed by atoms with Gasteiger partial charge in [-0.2, -0.15) is 0 Å². The number of nitrogens with zero attached hydrogens (tertiary/aromatic N) is 1. The third-order valence-corrected chi connectivity index (χ3v) is 6.39. The van der Waals surface area contributed by atoms with Gasteiger partial charge in [0.1, 0.15) is 11.8 Å². The number of furan rings is 1. The number of hydrogen-bond acceptors (Lipinski definition) is 5. The topological polar surface area (TPSA) is 74.6 Å². The van der Waals surface area contributed by atoms with Crippen LogP contribution in [0.15, 0.2) is 75.9 Å². The molecular weight excluding hydrogens is 398 g/mol. The van der Waals surface area contributed by atoms with Crippen molar-refractivity contribution in [3.63, 3.8) is 0 Å². The average Bonchev–Trinajstić information content (AvgIpc) is 3.44. The normalized spacial score (nSPS) is 18.3. The Morgan fingerprint density at radius 1 is 1.17 bits per heavy atom. The van der Waals surface area contributed by atoms with Crippen LogP contribution in [-0.2, 0) is 11.3 Å². The van der Waals surface area contributed by atoms with Gasteiger partial charge in [0, 0.05) is 22.6 Å². The number of urea groups is 1. The first-order valence-corrected chi connectivity index (χ1v) is 10.9. The highest BCUT2D eigenvalue weighted by molar-refractivity contribution is 7.10. The van der Waals surface area contributed by atoms with Gasteiger partial charge in [-0.05, 0) is 48.6 Å². The number of allylic oxidation sites excluding steroid dienone is 1. The zero-order chi connectivity index (χ0) is 20.5. The van der Waals surface area contributed by atoms with Crippen molar-refractivity contribution in [2.24, 2.45) is 0 Å². The molecule has 3 heterocycles. The number of anilines is 2. The smallest absolute Gasteiger partial charge is 0.323 e. The van der Waals surface area contributed by atoms with Crippen LogP contribution in [0.25, 0.3) is 0 Å². The van der Waals surface area contributed by atoms with Crippen molar-refractivity contribution >= 4 is 34.5 Å². The van der Waals surface area contributed by atoms with Gasteiger partial charge in [-0.3, -0.25) is 9.69 Å². The van der Waals surface area contributed by atoms with Crippen molar-refractivity contribution < 1.29 is 14.0 Å². The predicted octanol–water partition coefficient (Wildman–Crippen LogP) is 5.23. The van der Waals surface area contributed by atoms with E-state index >= 15 is 0 Å². The molecule has 5 rings (SSSR count). The molecule has 0 bridgehead atoms. The van der Waals surface area contributed by atoms with Crippen LogP contribution in [0, 0.1) is 0 Å². The first-order chi connectivity index (χ1) is 14.7. The summed E-state index contributed by atoms with van der Waals surface area (Å²) in [6, 6.07) is 14.5. The maximum absolute atomic E-state index is 13.5. The van der Waals surface area contributed by atoms with E-state index in [2.05, 4.69) is 10.6 Å². The van der Waals surface area contributed by atoms with Crippen molar-refractivity contribution in [3.05, 3.63) is 82.1 Å². The SMILES string of the molecule is O=C1CCCC2=C1[C@H](c1cccs1)N(C(=O)NCc1ccco1)c1ccccc1N2. The number of carbonyl (C=O) groups is 2. The Morgan fingerprint density at radius 2 is 2.07 bits per heavy atom. The maximum Gasteiger partial charge on any atom is 0.323 e. The van der Waals surface area contributed by atoms with E-state index in [1.807, 2.05) is 47.8 Å². The fourth-order valence-corrected chi connectivity index (χ4v) is 4.96. The highest BCUT2D eigenvalue weighted by Crippen LogP contribution is 2.45. The molecule has 2 amide bonds. The number of amides is 2. The number of rotatable bonds is 3. The first kappa shape index (κ1) is 18.7. The molecule has 0 saturated heterocycles. The summed E-state index contributed by atoms with van der Waals surface area (Å²) in [6.45, 7) is 0.273.